The molecule has 1 N–H and O–H groups in total. The number of hydrogen-bond donors (Lipinski definition) is 1. The molecule has 0 aromatic heterocycles. The van der Waals surface area contributed by atoms with E-state index in [1.807, 2.05) is 13.8 Å². The van der Waals surface area contributed by atoms with Crippen LogP contribution in [-0.2, 0) is 14.3 Å². The summed E-state index contributed by atoms with van der Waals surface area (Å²) in [6.07, 6.45) is 3.79. The van der Waals surface area contributed by atoms with Crippen molar-refractivity contribution >= 4 is 11.6 Å². The van der Waals surface area contributed by atoms with Crippen molar-refractivity contribution in [1.29, 1.82) is 0 Å². The lowest BCUT2D eigenvalue weighted by atomic mass is 10.0. The molecular formula is C16H30O4. The van der Waals surface area contributed by atoms with Crippen molar-refractivity contribution in [1.82, 2.24) is 0 Å². The fraction of sp³-hybridized carbons (Fsp3) is 0.875. The molecule has 0 aromatic carbocycles. The third kappa shape index (κ3) is 11.1. The Labute approximate surface area is 122 Å². The van der Waals surface area contributed by atoms with Gasteiger partial charge in [0.05, 0.1) is 6.61 Å². The van der Waals surface area contributed by atoms with Crippen molar-refractivity contribution in [2.45, 2.75) is 59.3 Å². The first-order valence-electron chi connectivity index (χ1n) is 7.71. The van der Waals surface area contributed by atoms with Gasteiger partial charge in [0.25, 0.3) is 0 Å². The van der Waals surface area contributed by atoms with Gasteiger partial charge in [-0.3, -0.25) is 9.59 Å². The molecular weight excluding hydrogens is 256 g/mol. The molecule has 0 fully saturated rings. The molecule has 0 rings (SSSR count). The van der Waals surface area contributed by atoms with Crippen LogP contribution in [0.15, 0.2) is 0 Å². The zero-order valence-electron chi connectivity index (χ0n) is 13.2. The standard InChI is InChI=1S/C16H30O4/c1-4-15(18)7-6-14(3)12-20-10-9-16(19)8-5-13(2)11-17/h13-14,17H,4-12H2,1-3H3. The number of ketones is 2. The van der Waals surface area contributed by atoms with Crippen LogP contribution < -0.4 is 0 Å². The number of hydrogen-bond acceptors (Lipinski definition) is 4. The monoisotopic (exact) mass is 286 g/mol. The zero-order valence-corrected chi connectivity index (χ0v) is 13.2. The molecule has 0 amide bonds. The Bertz CT molecular complexity index is 276. The maximum Gasteiger partial charge on any atom is 0.135 e. The van der Waals surface area contributed by atoms with E-state index in [0.717, 1.165) is 12.8 Å². The minimum atomic E-state index is 0.137. The Morgan fingerprint density at radius 1 is 1.00 bits per heavy atom. The summed E-state index contributed by atoms with van der Waals surface area (Å²) in [6, 6.07) is 0. The summed E-state index contributed by atoms with van der Waals surface area (Å²) in [4.78, 5) is 22.7. The van der Waals surface area contributed by atoms with Crippen LogP contribution in [0.2, 0.25) is 0 Å². The van der Waals surface area contributed by atoms with Gasteiger partial charge < -0.3 is 9.84 Å². The van der Waals surface area contributed by atoms with Gasteiger partial charge in [-0.1, -0.05) is 20.8 Å². The maximum absolute atomic E-state index is 11.6. The predicted octanol–water partition coefficient (Wildman–Crippen LogP) is 2.77. The van der Waals surface area contributed by atoms with E-state index in [4.69, 9.17) is 9.84 Å². The van der Waals surface area contributed by atoms with E-state index in [1.54, 1.807) is 0 Å². The Balaban J connectivity index is 3.50. The van der Waals surface area contributed by atoms with Crippen LogP contribution in [0.3, 0.4) is 0 Å². The molecule has 0 aromatic rings. The molecule has 0 bridgehead atoms. The largest absolute Gasteiger partial charge is 0.396 e. The number of rotatable bonds is 13. The molecule has 4 heteroatoms. The lowest BCUT2D eigenvalue weighted by molar-refractivity contribution is -0.120. The molecule has 2 unspecified atom stereocenters. The van der Waals surface area contributed by atoms with Crippen LogP contribution in [0, 0.1) is 11.8 Å². The average Bonchev–Trinajstić information content (AvgIpc) is 2.46. The quantitative estimate of drug-likeness (QED) is 0.529. The van der Waals surface area contributed by atoms with Crippen molar-refractivity contribution in [2.24, 2.45) is 11.8 Å². The molecule has 0 radical (unpaired) electrons. The molecule has 0 spiro atoms. The van der Waals surface area contributed by atoms with Crippen LogP contribution >= 0.6 is 0 Å². The molecule has 2 atom stereocenters. The number of Topliss-reactive ketones (excluding diaryl/α,β-unsaturated/α-hetero) is 2. The second kappa shape index (κ2) is 12.0. The van der Waals surface area contributed by atoms with Gasteiger partial charge in [0.1, 0.15) is 11.6 Å². The lowest BCUT2D eigenvalue weighted by Gasteiger charge is -2.11. The smallest absolute Gasteiger partial charge is 0.135 e. The minimum Gasteiger partial charge on any atom is -0.396 e. The van der Waals surface area contributed by atoms with Crippen LogP contribution in [0.1, 0.15) is 59.3 Å². The molecule has 0 saturated heterocycles. The summed E-state index contributed by atoms with van der Waals surface area (Å²) < 4.78 is 5.48. The second-order valence-corrected chi connectivity index (χ2v) is 5.73. The van der Waals surface area contributed by atoms with Gasteiger partial charge in [0.15, 0.2) is 0 Å². The summed E-state index contributed by atoms with van der Waals surface area (Å²) in [7, 11) is 0. The van der Waals surface area contributed by atoms with E-state index < -0.39 is 0 Å². The minimum absolute atomic E-state index is 0.137. The Morgan fingerprint density at radius 3 is 2.20 bits per heavy atom. The van der Waals surface area contributed by atoms with Gasteiger partial charge in [0.2, 0.25) is 0 Å². The Hall–Kier alpha value is -0.740. The van der Waals surface area contributed by atoms with E-state index >= 15 is 0 Å². The van der Waals surface area contributed by atoms with Crippen LogP contribution in [-0.4, -0.2) is 36.5 Å². The van der Waals surface area contributed by atoms with E-state index in [1.165, 1.54) is 0 Å². The van der Waals surface area contributed by atoms with E-state index in [-0.39, 0.29) is 18.3 Å². The van der Waals surface area contributed by atoms with Gasteiger partial charge in [-0.15, -0.1) is 0 Å². The third-order valence-electron chi connectivity index (χ3n) is 3.47. The fourth-order valence-electron chi connectivity index (χ4n) is 1.76. The first kappa shape index (κ1) is 19.3. The molecule has 0 saturated carbocycles. The van der Waals surface area contributed by atoms with Crippen molar-refractivity contribution in [2.75, 3.05) is 19.8 Å². The molecule has 0 aliphatic heterocycles. The van der Waals surface area contributed by atoms with E-state index in [2.05, 4.69) is 6.92 Å². The lowest BCUT2D eigenvalue weighted by Crippen LogP contribution is -2.12. The highest BCUT2D eigenvalue weighted by Crippen LogP contribution is 2.09. The normalized spacial score (nSPS) is 14.0. The number of ether oxygens (including phenoxy) is 1. The van der Waals surface area contributed by atoms with E-state index in [9.17, 15) is 9.59 Å². The highest BCUT2D eigenvalue weighted by molar-refractivity contribution is 5.78. The predicted molar refractivity (Wildman–Crippen MR) is 79.6 cm³/mol. The highest BCUT2D eigenvalue weighted by Gasteiger charge is 2.08. The highest BCUT2D eigenvalue weighted by atomic mass is 16.5. The Morgan fingerprint density at radius 2 is 1.60 bits per heavy atom. The zero-order chi connectivity index (χ0) is 15.4. The van der Waals surface area contributed by atoms with Crippen molar-refractivity contribution in [3.05, 3.63) is 0 Å². The third-order valence-corrected chi connectivity index (χ3v) is 3.47. The van der Waals surface area contributed by atoms with E-state index in [0.29, 0.717) is 50.6 Å². The first-order chi connectivity index (χ1) is 9.49. The average molecular weight is 286 g/mol. The summed E-state index contributed by atoms with van der Waals surface area (Å²) in [6.45, 7) is 7.08. The van der Waals surface area contributed by atoms with Crippen LogP contribution in [0.5, 0.6) is 0 Å². The molecule has 4 nitrogen and oxygen atoms in total. The fourth-order valence-corrected chi connectivity index (χ4v) is 1.76. The maximum atomic E-state index is 11.6. The SMILES string of the molecule is CCC(=O)CCC(C)COCCC(=O)CCC(C)CO. The van der Waals surface area contributed by atoms with Gasteiger partial charge in [-0.25, -0.2) is 0 Å². The van der Waals surface area contributed by atoms with Crippen LogP contribution in [0.25, 0.3) is 0 Å². The summed E-state index contributed by atoms with van der Waals surface area (Å²) in [5.41, 5.74) is 0. The van der Waals surface area contributed by atoms with Gasteiger partial charge >= 0.3 is 0 Å². The van der Waals surface area contributed by atoms with Gasteiger partial charge in [0, 0.05) is 38.9 Å². The summed E-state index contributed by atoms with van der Waals surface area (Å²) in [5, 5.41) is 8.87. The molecule has 118 valence electrons. The summed E-state index contributed by atoms with van der Waals surface area (Å²) in [5.74, 6) is 1.04. The Kier molecular flexibility index (Phi) is 11.6. The van der Waals surface area contributed by atoms with Gasteiger partial charge in [-0.2, -0.15) is 0 Å². The number of carbonyl (C=O) groups is 2. The number of carbonyl (C=O) groups excluding carboxylic acids is 2. The molecule has 0 heterocycles. The number of aliphatic hydroxyl groups excluding tert-OH is 1. The molecule has 0 aliphatic rings. The van der Waals surface area contributed by atoms with Crippen LogP contribution in [0.4, 0.5) is 0 Å². The molecule has 20 heavy (non-hydrogen) atoms. The summed E-state index contributed by atoms with van der Waals surface area (Å²) >= 11 is 0. The van der Waals surface area contributed by atoms with Crippen molar-refractivity contribution in [3.8, 4) is 0 Å². The molecule has 0 aliphatic carbocycles. The number of aliphatic hydroxyl groups is 1. The van der Waals surface area contributed by atoms with Crippen molar-refractivity contribution in [3.63, 3.8) is 0 Å². The van der Waals surface area contributed by atoms with Gasteiger partial charge in [-0.05, 0) is 24.7 Å². The topological polar surface area (TPSA) is 63.6 Å². The second-order valence-electron chi connectivity index (χ2n) is 5.73. The van der Waals surface area contributed by atoms with Crippen molar-refractivity contribution < 1.29 is 19.4 Å². The first-order valence-corrected chi connectivity index (χ1v) is 7.71.